The molecule has 3 aromatic rings. The van der Waals surface area contributed by atoms with Gasteiger partial charge in [-0.1, -0.05) is 0 Å². The summed E-state index contributed by atoms with van der Waals surface area (Å²) in [5, 5.41) is 8.42. The molecule has 1 aliphatic rings. The molecule has 1 N–H and O–H groups in total. The van der Waals surface area contributed by atoms with Crippen molar-refractivity contribution >= 4 is 35.8 Å². The number of pyridine rings is 1. The maximum atomic E-state index is 13.0. The number of hydrogen-bond acceptors (Lipinski definition) is 3. The Kier molecular flexibility index (Phi) is 5.89. The van der Waals surface area contributed by atoms with Gasteiger partial charge < -0.3 is 9.88 Å². The van der Waals surface area contributed by atoms with Gasteiger partial charge in [0.25, 0.3) is 0 Å². The first-order valence-corrected chi connectivity index (χ1v) is 7.71. The molecular formula is C16H18Cl2F3N5. The van der Waals surface area contributed by atoms with Crippen LogP contribution in [0.5, 0.6) is 0 Å². The smallest absolute Gasteiger partial charge is 0.322 e. The van der Waals surface area contributed by atoms with E-state index in [0.29, 0.717) is 12.2 Å². The van der Waals surface area contributed by atoms with Crippen molar-refractivity contribution in [3.8, 4) is 0 Å². The number of nitrogens with one attached hydrogen (secondary N) is 1. The zero-order valence-corrected chi connectivity index (χ0v) is 15.5. The van der Waals surface area contributed by atoms with Crippen LogP contribution in [0.25, 0.3) is 11.0 Å². The van der Waals surface area contributed by atoms with E-state index in [2.05, 4.69) is 15.4 Å². The molecule has 0 atom stereocenters. The van der Waals surface area contributed by atoms with Crippen LogP contribution in [0.2, 0.25) is 0 Å². The van der Waals surface area contributed by atoms with Gasteiger partial charge in [0.1, 0.15) is 11.3 Å². The maximum absolute atomic E-state index is 13.0. The summed E-state index contributed by atoms with van der Waals surface area (Å²) in [4.78, 5) is 4.44. The zero-order chi connectivity index (χ0) is 16.9. The van der Waals surface area contributed by atoms with Gasteiger partial charge in [0.05, 0.1) is 12.2 Å². The molecule has 4 rings (SSSR count). The van der Waals surface area contributed by atoms with E-state index in [-0.39, 0.29) is 31.4 Å². The minimum atomic E-state index is -4.40. The molecule has 1 aliphatic heterocycles. The third-order valence-electron chi connectivity index (χ3n) is 4.43. The standard InChI is InChI=1S/C16H16F3N5.2ClH/c1-23-14(16(17,18)19)7-10(22-23)9-24-13-8-20-6-4-11(13)12-3-2-5-21-15(12)24;;/h2-3,5,7,20H,4,6,8-9H2,1H3;2*1H. The first-order chi connectivity index (χ1) is 11.4. The summed E-state index contributed by atoms with van der Waals surface area (Å²) in [5.41, 5.74) is 2.73. The van der Waals surface area contributed by atoms with Crippen LogP contribution in [-0.4, -0.2) is 25.9 Å². The van der Waals surface area contributed by atoms with E-state index in [1.54, 1.807) is 6.20 Å². The second-order valence-corrected chi connectivity index (χ2v) is 5.96. The molecule has 0 fully saturated rings. The van der Waals surface area contributed by atoms with Crippen LogP contribution in [0.1, 0.15) is 22.6 Å². The lowest BCUT2D eigenvalue weighted by Crippen LogP contribution is -2.25. The Morgan fingerprint density at radius 1 is 1.27 bits per heavy atom. The Balaban J connectivity index is 0.00000121. The van der Waals surface area contributed by atoms with Crippen LogP contribution in [0, 0.1) is 0 Å². The lowest BCUT2D eigenvalue weighted by atomic mass is 10.1. The summed E-state index contributed by atoms with van der Waals surface area (Å²) in [6.07, 6.45) is -1.81. The predicted octanol–water partition coefficient (Wildman–Crippen LogP) is 3.33. The SMILES string of the molecule is Cl.Cl.Cn1nc(Cn2c3c(c4cccnc42)CCNC3)cc1C(F)(F)F. The number of rotatable bonds is 2. The molecule has 4 heterocycles. The first kappa shape index (κ1) is 20.5. The highest BCUT2D eigenvalue weighted by Gasteiger charge is 2.35. The Morgan fingerprint density at radius 3 is 2.73 bits per heavy atom. The minimum absolute atomic E-state index is 0. The summed E-state index contributed by atoms with van der Waals surface area (Å²) < 4.78 is 41.8. The Labute approximate surface area is 160 Å². The zero-order valence-electron chi connectivity index (χ0n) is 13.9. The summed E-state index contributed by atoms with van der Waals surface area (Å²) >= 11 is 0. The van der Waals surface area contributed by atoms with Gasteiger partial charge in [-0.3, -0.25) is 4.68 Å². The monoisotopic (exact) mass is 407 g/mol. The highest BCUT2D eigenvalue weighted by Crippen LogP contribution is 2.31. The van der Waals surface area contributed by atoms with Gasteiger partial charge in [0.15, 0.2) is 0 Å². The highest BCUT2D eigenvalue weighted by molar-refractivity contribution is 5.85. The summed E-state index contributed by atoms with van der Waals surface area (Å²) in [5.74, 6) is 0. The molecule has 0 unspecified atom stereocenters. The number of hydrogen-bond donors (Lipinski definition) is 1. The molecule has 5 nitrogen and oxygen atoms in total. The number of fused-ring (bicyclic) bond motifs is 3. The maximum Gasteiger partial charge on any atom is 0.433 e. The van der Waals surface area contributed by atoms with Gasteiger partial charge >= 0.3 is 6.18 Å². The lowest BCUT2D eigenvalue weighted by molar-refractivity contribution is -0.143. The number of halogens is 5. The minimum Gasteiger partial charge on any atom is -0.322 e. The van der Waals surface area contributed by atoms with Crippen molar-refractivity contribution in [1.82, 2.24) is 24.6 Å². The van der Waals surface area contributed by atoms with Crippen molar-refractivity contribution in [1.29, 1.82) is 0 Å². The molecule has 0 aliphatic carbocycles. The van der Waals surface area contributed by atoms with Gasteiger partial charge in [-0.05, 0) is 36.7 Å². The normalized spacial score (nSPS) is 13.8. The number of aromatic nitrogens is 4. The average molecular weight is 408 g/mol. The summed E-state index contributed by atoms with van der Waals surface area (Å²) in [6.45, 7) is 1.85. The number of nitrogens with zero attached hydrogens (tertiary/aromatic N) is 4. The first-order valence-electron chi connectivity index (χ1n) is 7.71. The number of alkyl halides is 3. The Morgan fingerprint density at radius 2 is 2.04 bits per heavy atom. The van der Waals surface area contributed by atoms with Crippen LogP contribution < -0.4 is 5.32 Å². The van der Waals surface area contributed by atoms with Crippen LogP contribution in [-0.2, 0) is 32.7 Å². The molecule has 0 amide bonds. The van der Waals surface area contributed by atoms with Crippen LogP contribution in [0.3, 0.4) is 0 Å². The van der Waals surface area contributed by atoms with Crippen LogP contribution in [0.4, 0.5) is 13.2 Å². The van der Waals surface area contributed by atoms with E-state index in [0.717, 1.165) is 40.4 Å². The van der Waals surface area contributed by atoms with Crippen LogP contribution >= 0.6 is 24.8 Å². The fourth-order valence-corrected chi connectivity index (χ4v) is 3.40. The molecule has 10 heteroatoms. The molecule has 0 bridgehead atoms. The molecule has 26 heavy (non-hydrogen) atoms. The third-order valence-corrected chi connectivity index (χ3v) is 4.43. The molecule has 142 valence electrons. The predicted molar refractivity (Wildman–Crippen MR) is 97.0 cm³/mol. The van der Waals surface area contributed by atoms with E-state index >= 15 is 0 Å². The van der Waals surface area contributed by atoms with E-state index in [1.165, 1.54) is 12.6 Å². The van der Waals surface area contributed by atoms with Crippen molar-refractivity contribution in [2.24, 2.45) is 7.05 Å². The van der Waals surface area contributed by atoms with Crippen molar-refractivity contribution in [3.05, 3.63) is 47.0 Å². The molecular weight excluding hydrogens is 390 g/mol. The highest BCUT2D eigenvalue weighted by atomic mass is 35.5. The van der Waals surface area contributed by atoms with E-state index < -0.39 is 11.9 Å². The third kappa shape index (κ3) is 3.41. The number of aryl methyl sites for hydroxylation is 1. The van der Waals surface area contributed by atoms with E-state index in [9.17, 15) is 13.2 Å². The second kappa shape index (κ2) is 7.46. The van der Waals surface area contributed by atoms with Crippen molar-refractivity contribution in [3.63, 3.8) is 0 Å². The van der Waals surface area contributed by atoms with Gasteiger partial charge in [-0.25, -0.2) is 4.98 Å². The van der Waals surface area contributed by atoms with Gasteiger partial charge in [0.2, 0.25) is 0 Å². The summed E-state index contributed by atoms with van der Waals surface area (Å²) in [6, 6.07) is 5.01. The van der Waals surface area contributed by atoms with Crippen molar-refractivity contribution in [2.45, 2.75) is 25.7 Å². The fourth-order valence-electron chi connectivity index (χ4n) is 3.40. The lowest BCUT2D eigenvalue weighted by Gasteiger charge is -2.16. The fraction of sp³-hybridized carbons (Fsp3) is 0.375. The molecule has 0 spiro atoms. The Hall–Kier alpha value is -1.77. The van der Waals surface area contributed by atoms with Crippen LogP contribution in [0.15, 0.2) is 24.4 Å². The van der Waals surface area contributed by atoms with Gasteiger partial charge in [-0.15, -0.1) is 24.8 Å². The quantitative estimate of drug-likeness (QED) is 0.708. The molecule has 0 saturated heterocycles. The summed E-state index contributed by atoms with van der Waals surface area (Å²) in [7, 11) is 1.31. The van der Waals surface area contributed by atoms with Crippen molar-refractivity contribution in [2.75, 3.05) is 6.54 Å². The second-order valence-electron chi connectivity index (χ2n) is 5.96. The van der Waals surface area contributed by atoms with E-state index in [4.69, 9.17) is 0 Å². The molecule has 0 saturated carbocycles. The van der Waals surface area contributed by atoms with E-state index in [1.807, 2.05) is 16.7 Å². The van der Waals surface area contributed by atoms with Gasteiger partial charge in [-0.2, -0.15) is 18.3 Å². The Bertz CT molecular complexity index is 917. The molecule has 3 aromatic heterocycles. The van der Waals surface area contributed by atoms with Crippen molar-refractivity contribution < 1.29 is 13.2 Å². The van der Waals surface area contributed by atoms with Gasteiger partial charge in [0, 0.05) is 30.9 Å². The molecule has 0 radical (unpaired) electrons. The largest absolute Gasteiger partial charge is 0.433 e. The average Bonchev–Trinajstić information content (AvgIpc) is 3.07. The molecule has 0 aromatic carbocycles. The topological polar surface area (TPSA) is 47.7 Å².